The van der Waals surface area contributed by atoms with Crippen molar-refractivity contribution in [2.75, 3.05) is 19.0 Å². The molecule has 1 unspecified atom stereocenters. The van der Waals surface area contributed by atoms with Gasteiger partial charge < -0.3 is 9.47 Å². The van der Waals surface area contributed by atoms with E-state index < -0.39 is 0 Å². The van der Waals surface area contributed by atoms with Crippen molar-refractivity contribution in [3.63, 3.8) is 0 Å². The van der Waals surface area contributed by atoms with E-state index >= 15 is 0 Å². The van der Waals surface area contributed by atoms with Crippen LogP contribution in [0.1, 0.15) is 25.3 Å². The molecule has 0 N–H and O–H groups in total. The van der Waals surface area contributed by atoms with Crippen LogP contribution in [-0.4, -0.2) is 19.0 Å². The number of ether oxygens (including phenoxy) is 2. The Kier molecular flexibility index (Phi) is 6.41. The van der Waals surface area contributed by atoms with Crippen LogP contribution in [0.3, 0.4) is 0 Å². The van der Waals surface area contributed by atoms with Crippen LogP contribution in [0.2, 0.25) is 0 Å². The fourth-order valence-electron chi connectivity index (χ4n) is 1.59. The second kappa shape index (κ2) is 7.59. The summed E-state index contributed by atoms with van der Waals surface area (Å²) in [6, 6.07) is 6.01. The number of methoxy groups -OCH3 is 1. The molecule has 1 aromatic rings. The molecular formula is C14H21BrO2. The predicted octanol–water partition coefficient (Wildman–Crippen LogP) is 4.19. The zero-order valence-electron chi connectivity index (χ0n) is 10.8. The third-order valence-electron chi connectivity index (χ3n) is 2.79. The normalized spacial score (nSPS) is 12.2. The number of aryl methyl sites for hydroxylation is 1. The lowest BCUT2D eigenvalue weighted by atomic mass is 10.1. The number of benzene rings is 1. The molecule has 0 radical (unpaired) electrons. The summed E-state index contributed by atoms with van der Waals surface area (Å²) in [5.41, 5.74) is 1.18. The maximum Gasteiger partial charge on any atom is 0.161 e. The topological polar surface area (TPSA) is 18.5 Å². The van der Waals surface area contributed by atoms with Crippen molar-refractivity contribution >= 4 is 15.9 Å². The van der Waals surface area contributed by atoms with E-state index in [0.717, 1.165) is 29.9 Å². The van der Waals surface area contributed by atoms with Crippen molar-refractivity contribution in [1.82, 2.24) is 0 Å². The van der Waals surface area contributed by atoms with E-state index in [-0.39, 0.29) is 0 Å². The highest BCUT2D eigenvalue weighted by Gasteiger charge is 2.06. The smallest absolute Gasteiger partial charge is 0.161 e. The van der Waals surface area contributed by atoms with E-state index in [2.05, 4.69) is 22.9 Å². The van der Waals surface area contributed by atoms with Crippen molar-refractivity contribution in [1.29, 1.82) is 0 Å². The Morgan fingerprint density at radius 2 is 2.00 bits per heavy atom. The SMILES string of the molecule is COc1cc(C)ccc1OCCC(C)CCBr. The quantitative estimate of drug-likeness (QED) is 0.703. The molecular weight excluding hydrogens is 280 g/mol. The van der Waals surface area contributed by atoms with Crippen LogP contribution in [0.5, 0.6) is 11.5 Å². The lowest BCUT2D eigenvalue weighted by Crippen LogP contribution is -2.05. The van der Waals surface area contributed by atoms with E-state index in [1.165, 1.54) is 12.0 Å². The third kappa shape index (κ3) is 4.99. The van der Waals surface area contributed by atoms with Gasteiger partial charge >= 0.3 is 0 Å². The van der Waals surface area contributed by atoms with E-state index in [0.29, 0.717) is 5.92 Å². The summed E-state index contributed by atoms with van der Waals surface area (Å²) in [6.45, 7) is 5.04. The highest BCUT2D eigenvalue weighted by atomic mass is 79.9. The van der Waals surface area contributed by atoms with Gasteiger partial charge in [-0.3, -0.25) is 0 Å². The van der Waals surface area contributed by atoms with E-state index in [4.69, 9.17) is 9.47 Å². The first kappa shape index (κ1) is 14.4. The molecule has 3 heteroatoms. The average molecular weight is 301 g/mol. The van der Waals surface area contributed by atoms with Gasteiger partial charge in [-0.2, -0.15) is 0 Å². The fraction of sp³-hybridized carbons (Fsp3) is 0.571. The lowest BCUT2D eigenvalue weighted by molar-refractivity contribution is 0.267. The summed E-state index contributed by atoms with van der Waals surface area (Å²) in [5.74, 6) is 2.34. The van der Waals surface area contributed by atoms with Crippen LogP contribution in [0.25, 0.3) is 0 Å². The molecule has 0 heterocycles. The monoisotopic (exact) mass is 300 g/mol. The Morgan fingerprint density at radius 1 is 1.24 bits per heavy atom. The van der Waals surface area contributed by atoms with Gasteiger partial charge in [0.1, 0.15) is 0 Å². The molecule has 1 atom stereocenters. The first-order chi connectivity index (χ1) is 8.17. The van der Waals surface area contributed by atoms with Crippen LogP contribution in [-0.2, 0) is 0 Å². The number of hydrogen-bond acceptors (Lipinski definition) is 2. The average Bonchev–Trinajstić information content (AvgIpc) is 2.31. The summed E-state index contributed by atoms with van der Waals surface area (Å²) in [6.07, 6.45) is 2.26. The van der Waals surface area contributed by atoms with E-state index in [9.17, 15) is 0 Å². The van der Waals surface area contributed by atoms with Gasteiger partial charge in [0.2, 0.25) is 0 Å². The van der Waals surface area contributed by atoms with Gasteiger partial charge in [0.05, 0.1) is 13.7 Å². The first-order valence-electron chi connectivity index (χ1n) is 6.00. The molecule has 0 aliphatic heterocycles. The Balaban J connectivity index is 2.46. The zero-order chi connectivity index (χ0) is 12.7. The van der Waals surface area contributed by atoms with Gasteiger partial charge in [0.15, 0.2) is 11.5 Å². The van der Waals surface area contributed by atoms with Crippen molar-refractivity contribution in [3.05, 3.63) is 23.8 Å². The molecule has 0 aliphatic carbocycles. The largest absolute Gasteiger partial charge is 0.493 e. The summed E-state index contributed by atoms with van der Waals surface area (Å²) in [7, 11) is 1.68. The summed E-state index contributed by atoms with van der Waals surface area (Å²) < 4.78 is 11.1. The lowest BCUT2D eigenvalue weighted by Gasteiger charge is -2.13. The molecule has 96 valence electrons. The Hall–Kier alpha value is -0.700. The molecule has 1 rings (SSSR count). The van der Waals surface area contributed by atoms with Gasteiger partial charge in [-0.1, -0.05) is 28.9 Å². The minimum atomic E-state index is 0.686. The van der Waals surface area contributed by atoms with Crippen LogP contribution in [0.15, 0.2) is 18.2 Å². The second-order valence-electron chi connectivity index (χ2n) is 4.37. The van der Waals surface area contributed by atoms with Crippen LogP contribution in [0.4, 0.5) is 0 Å². The molecule has 0 saturated heterocycles. The molecule has 0 bridgehead atoms. The third-order valence-corrected chi connectivity index (χ3v) is 3.25. The minimum Gasteiger partial charge on any atom is -0.493 e. The van der Waals surface area contributed by atoms with Gasteiger partial charge in [0, 0.05) is 5.33 Å². The van der Waals surface area contributed by atoms with Crippen molar-refractivity contribution < 1.29 is 9.47 Å². The Morgan fingerprint density at radius 3 is 2.65 bits per heavy atom. The van der Waals surface area contributed by atoms with Gasteiger partial charge in [-0.15, -0.1) is 0 Å². The maximum atomic E-state index is 5.76. The molecule has 2 nitrogen and oxygen atoms in total. The zero-order valence-corrected chi connectivity index (χ0v) is 12.4. The molecule has 0 aromatic heterocycles. The number of hydrogen-bond donors (Lipinski definition) is 0. The van der Waals surface area contributed by atoms with Gasteiger partial charge in [0.25, 0.3) is 0 Å². The fourth-order valence-corrected chi connectivity index (χ4v) is 2.38. The van der Waals surface area contributed by atoms with Crippen LogP contribution < -0.4 is 9.47 Å². The molecule has 0 spiro atoms. The van der Waals surface area contributed by atoms with Crippen molar-refractivity contribution in [3.8, 4) is 11.5 Å². The number of alkyl halides is 1. The molecule has 0 fully saturated rings. The van der Waals surface area contributed by atoms with Crippen molar-refractivity contribution in [2.24, 2.45) is 5.92 Å². The number of halogens is 1. The molecule has 17 heavy (non-hydrogen) atoms. The predicted molar refractivity (Wildman–Crippen MR) is 75.4 cm³/mol. The van der Waals surface area contributed by atoms with Gasteiger partial charge in [-0.25, -0.2) is 0 Å². The highest BCUT2D eigenvalue weighted by molar-refractivity contribution is 9.09. The van der Waals surface area contributed by atoms with Gasteiger partial charge in [-0.05, 0) is 43.4 Å². The Labute approximate surface area is 112 Å². The Bertz CT molecular complexity index is 339. The minimum absolute atomic E-state index is 0.686. The first-order valence-corrected chi connectivity index (χ1v) is 7.13. The summed E-state index contributed by atoms with van der Waals surface area (Å²) in [4.78, 5) is 0. The number of rotatable bonds is 7. The molecule has 1 aromatic carbocycles. The molecule has 0 amide bonds. The van der Waals surface area contributed by atoms with E-state index in [1.807, 2.05) is 25.1 Å². The maximum absolute atomic E-state index is 5.76. The van der Waals surface area contributed by atoms with E-state index in [1.54, 1.807) is 7.11 Å². The second-order valence-corrected chi connectivity index (χ2v) is 5.17. The highest BCUT2D eigenvalue weighted by Crippen LogP contribution is 2.28. The van der Waals surface area contributed by atoms with Crippen LogP contribution >= 0.6 is 15.9 Å². The van der Waals surface area contributed by atoms with Crippen molar-refractivity contribution in [2.45, 2.75) is 26.7 Å². The molecule has 0 saturated carbocycles. The summed E-state index contributed by atoms with van der Waals surface area (Å²) in [5, 5.41) is 1.06. The van der Waals surface area contributed by atoms with Crippen LogP contribution in [0, 0.1) is 12.8 Å². The summed E-state index contributed by atoms with van der Waals surface area (Å²) >= 11 is 3.46. The standard InChI is InChI=1S/C14H21BrO2/c1-11(6-8-15)7-9-17-13-5-4-12(2)10-14(13)16-3/h4-5,10-11H,6-9H2,1-3H3. The molecule has 0 aliphatic rings.